The van der Waals surface area contributed by atoms with Crippen LogP contribution in [0.25, 0.3) is 0 Å². The molecule has 0 bridgehead atoms. The summed E-state index contributed by atoms with van der Waals surface area (Å²) in [5, 5.41) is 14.5. The molecule has 0 atom stereocenters. The topological polar surface area (TPSA) is 98.3 Å². The number of aryl methyl sites for hydroxylation is 1. The molecule has 0 saturated carbocycles. The van der Waals surface area contributed by atoms with Crippen molar-refractivity contribution in [2.75, 3.05) is 13.1 Å². The third-order valence-electron chi connectivity index (χ3n) is 2.15. The fourth-order valence-corrected chi connectivity index (χ4v) is 1.20. The summed E-state index contributed by atoms with van der Waals surface area (Å²) in [6, 6.07) is 6.85. The van der Waals surface area contributed by atoms with E-state index >= 15 is 0 Å². The largest absolute Gasteiger partial charge is 0.548 e. The van der Waals surface area contributed by atoms with Crippen molar-refractivity contribution < 1.29 is 19.5 Å². The van der Waals surface area contributed by atoms with Crippen molar-refractivity contribution in [2.45, 2.75) is 6.92 Å². The molecule has 0 radical (unpaired) electrons. The van der Waals surface area contributed by atoms with Crippen molar-refractivity contribution in [3.8, 4) is 0 Å². The molecule has 18 heavy (non-hydrogen) atoms. The Balaban J connectivity index is 2.39. The maximum Gasteiger partial charge on any atom is 0.251 e. The van der Waals surface area contributed by atoms with Crippen molar-refractivity contribution in [3.05, 3.63) is 35.4 Å². The summed E-state index contributed by atoms with van der Waals surface area (Å²) >= 11 is 0. The zero-order valence-corrected chi connectivity index (χ0v) is 9.86. The molecule has 0 aromatic heterocycles. The molecule has 0 aliphatic heterocycles. The molecule has 96 valence electrons. The number of nitrogens with one attached hydrogen (secondary N) is 2. The molecule has 1 rings (SSSR count). The van der Waals surface area contributed by atoms with Crippen molar-refractivity contribution in [2.24, 2.45) is 0 Å². The Morgan fingerprint density at radius 3 is 2.22 bits per heavy atom. The Bertz CT molecular complexity index is 454. The molecule has 0 spiro atoms. The monoisotopic (exact) mass is 249 g/mol. The molecule has 6 heteroatoms. The van der Waals surface area contributed by atoms with E-state index < -0.39 is 24.3 Å². The lowest BCUT2D eigenvalue weighted by atomic mass is 10.1. The van der Waals surface area contributed by atoms with Crippen LogP contribution >= 0.6 is 0 Å². The molecule has 6 nitrogen and oxygen atoms in total. The average molecular weight is 249 g/mol. The number of carbonyl (C=O) groups is 3. The van der Waals surface area contributed by atoms with E-state index in [1.54, 1.807) is 24.3 Å². The zero-order chi connectivity index (χ0) is 13.5. The molecule has 0 saturated heterocycles. The van der Waals surface area contributed by atoms with Crippen molar-refractivity contribution in [1.29, 1.82) is 0 Å². The van der Waals surface area contributed by atoms with Gasteiger partial charge in [-0.25, -0.2) is 0 Å². The first-order valence-corrected chi connectivity index (χ1v) is 5.30. The number of amides is 2. The third kappa shape index (κ3) is 4.65. The molecule has 0 fully saturated rings. The van der Waals surface area contributed by atoms with Gasteiger partial charge in [-0.05, 0) is 19.1 Å². The van der Waals surface area contributed by atoms with E-state index in [9.17, 15) is 19.5 Å². The van der Waals surface area contributed by atoms with Gasteiger partial charge in [0.2, 0.25) is 5.91 Å². The second-order valence-corrected chi connectivity index (χ2v) is 3.70. The van der Waals surface area contributed by atoms with Crippen LogP contribution in [0, 0.1) is 6.92 Å². The summed E-state index contributed by atoms with van der Waals surface area (Å²) in [7, 11) is 0. The number of hydrogen-bond acceptors (Lipinski definition) is 4. The predicted octanol–water partition coefficient (Wildman–Crippen LogP) is -1.41. The molecule has 1 aromatic rings. The van der Waals surface area contributed by atoms with E-state index in [1.807, 2.05) is 6.92 Å². The first-order chi connectivity index (χ1) is 8.49. The lowest BCUT2D eigenvalue weighted by Crippen LogP contribution is -2.42. The Kier molecular flexibility index (Phi) is 4.86. The number of hydrogen-bond donors (Lipinski definition) is 2. The predicted molar refractivity (Wildman–Crippen MR) is 61.5 cm³/mol. The number of benzene rings is 1. The van der Waals surface area contributed by atoms with Gasteiger partial charge in [0.25, 0.3) is 5.91 Å². The SMILES string of the molecule is Cc1ccc(C(=O)NCC(=O)NCC(=O)[O-])cc1. The van der Waals surface area contributed by atoms with Crippen LogP contribution < -0.4 is 15.7 Å². The summed E-state index contributed by atoms with van der Waals surface area (Å²) in [4.78, 5) is 32.8. The second kappa shape index (κ2) is 6.39. The fourth-order valence-electron chi connectivity index (χ4n) is 1.20. The molecule has 0 heterocycles. The van der Waals surface area contributed by atoms with Crippen molar-refractivity contribution in [3.63, 3.8) is 0 Å². The van der Waals surface area contributed by atoms with Gasteiger partial charge in [0.05, 0.1) is 19.1 Å². The highest BCUT2D eigenvalue weighted by atomic mass is 16.4. The Morgan fingerprint density at radius 1 is 1.06 bits per heavy atom. The van der Waals surface area contributed by atoms with Gasteiger partial charge in [0.1, 0.15) is 0 Å². The molecule has 2 N–H and O–H groups in total. The minimum absolute atomic E-state index is 0.278. The number of carboxylic acids is 1. The maximum atomic E-state index is 11.6. The minimum atomic E-state index is -1.38. The molecular weight excluding hydrogens is 236 g/mol. The van der Waals surface area contributed by atoms with Gasteiger partial charge in [-0.2, -0.15) is 0 Å². The Labute approximate surface area is 104 Å². The molecule has 0 aliphatic carbocycles. The van der Waals surface area contributed by atoms with Crippen LogP contribution in [-0.2, 0) is 9.59 Å². The fraction of sp³-hybridized carbons (Fsp3) is 0.250. The molecule has 0 aliphatic rings. The summed E-state index contributed by atoms with van der Waals surface area (Å²) in [5.74, 6) is -2.36. The first kappa shape index (κ1) is 13.7. The normalized spacial score (nSPS) is 9.61. The maximum absolute atomic E-state index is 11.6. The van der Waals surface area contributed by atoms with E-state index in [-0.39, 0.29) is 6.54 Å². The first-order valence-electron chi connectivity index (χ1n) is 5.30. The Hall–Kier alpha value is -2.37. The number of carboxylic acid groups (broad SMARTS) is 1. The van der Waals surface area contributed by atoms with E-state index in [4.69, 9.17) is 0 Å². The highest BCUT2D eigenvalue weighted by molar-refractivity contribution is 5.96. The van der Waals surface area contributed by atoms with Crippen molar-refractivity contribution >= 4 is 17.8 Å². The zero-order valence-electron chi connectivity index (χ0n) is 9.86. The van der Waals surface area contributed by atoms with Crippen LogP contribution in [0.2, 0.25) is 0 Å². The molecule has 0 unspecified atom stereocenters. The summed E-state index contributed by atoms with van der Waals surface area (Å²) in [6.45, 7) is 1.05. The van der Waals surface area contributed by atoms with E-state index in [0.29, 0.717) is 5.56 Å². The number of carbonyl (C=O) groups excluding carboxylic acids is 3. The van der Waals surface area contributed by atoms with Gasteiger partial charge >= 0.3 is 0 Å². The van der Waals surface area contributed by atoms with E-state index in [0.717, 1.165) is 5.56 Å². The smallest absolute Gasteiger partial charge is 0.251 e. The van der Waals surface area contributed by atoms with Crippen LogP contribution in [0.1, 0.15) is 15.9 Å². The van der Waals surface area contributed by atoms with Crippen LogP contribution in [0.5, 0.6) is 0 Å². The van der Waals surface area contributed by atoms with Gasteiger partial charge in [0.15, 0.2) is 0 Å². The van der Waals surface area contributed by atoms with Crippen LogP contribution in [0.15, 0.2) is 24.3 Å². The second-order valence-electron chi connectivity index (χ2n) is 3.70. The summed E-state index contributed by atoms with van der Waals surface area (Å²) in [5.41, 5.74) is 1.46. The average Bonchev–Trinajstić information content (AvgIpc) is 2.34. The summed E-state index contributed by atoms with van der Waals surface area (Å²) < 4.78 is 0. The van der Waals surface area contributed by atoms with Gasteiger partial charge in [-0.3, -0.25) is 9.59 Å². The molecular formula is C12H13N2O4-. The minimum Gasteiger partial charge on any atom is -0.548 e. The molecule has 2 amide bonds. The molecule has 1 aromatic carbocycles. The van der Waals surface area contributed by atoms with E-state index in [2.05, 4.69) is 10.6 Å². The van der Waals surface area contributed by atoms with E-state index in [1.165, 1.54) is 0 Å². The summed E-state index contributed by atoms with van der Waals surface area (Å²) in [6.07, 6.45) is 0. The van der Waals surface area contributed by atoms with Gasteiger partial charge in [-0.15, -0.1) is 0 Å². The number of aliphatic carboxylic acids is 1. The lowest BCUT2D eigenvalue weighted by Gasteiger charge is -2.07. The van der Waals surface area contributed by atoms with Crippen LogP contribution in [0.3, 0.4) is 0 Å². The highest BCUT2D eigenvalue weighted by Gasteiger charge is 2.07. The lowest BCUT2D eigenvalue weighted by molar-refractivity contribution is -0.304. The van der Waals surface area contributed by atoms with Gasteiger partial charge in [-0.1, -0.05) is 17.7 Å². The van der Waals surface area contributed by atoms with Gasteiger partial charge < -0.3 is 20.5 Å². The highest BCUT2D eigenvalue weighted by Crippen LogP contribution is 2.02. The standard InChI is InChI=1S/C12H14N2O4/c1-8-2-4-9(5-3-8)12(18)14-6-10(15)13-7-11(16)17/h2-5H,6-7H2,1H3,(H,13,15)(H,14,18)(H,16,17)/p-1. The quantitative estimate of drug-likeness (QED) is 0.670. The number of rotatable bonds is 5. The van der Waals surface area contributed by atoms with Crippen molar-refractivity contribution in [1.82, 2.24) is 10.6 Å². The third-order valence-corrected chi connectivity index (χ3v) is 2.15. The Morgan fingerprint density at radius 2 is 1.67 bits per heavy atom. The van der Waals surface area contributed by atoms with Gasteiger partial charge in [0, 0.05) is 5.56 Å². The van der Waals surface area contributed by atoms with Crippen LogP contribution in [0.4, 0.5) is 0 Å². The van der Waals surface area contributed by atoms with Crippen LogP contribution in [-0.4, -0.2) is 30.9 Å².